The summed E-state index contributed by atoms with van der Waals surface area (Å²) in [5.41, 5.74) is 0. The van der Waals surface area contributed by atoms with Gasteiger partial charge >= 0.3 is 5.97 Å². The van der Waals surface area contributed by atoms with Crippen molar-refractivity contribution >= 4 is 11.9 Å². The number of aliphatic hydroxyl groups excluding tert-OH is 2. The van der Waals surface area contributed by atoms with Crippen molar-refractivity contribution in [2.24, 2.45) is 0 Å². The standard InChI is InChI=1S/C81H159NO5/c1-3-5-7-9-11-13-15-17-18-19-41-44-47-50-53-57-61-65-69-73-79(84)78(77-83)82-80(85)74-70-66-62-58-54-51-48-45-42-39-37-35-33-31-29-27-25-23-21-20-22-24-26-28-30-32-34-36-38-40-43-46-49-52-56-60-64-68-72-76-87-81(86)75-71-67-63-59-55-16-14-12-10-8-6-4-2/h69,73,78-79,83-84H,3-68,70-72,74-77H2,1-2H3,(H,82,85)/b73-69+. The molecule has 0 aliphatic carbocycles. The van der Waals surface area contributed by atoms with Crippen molar-refractivity contribution in [1.29, 1.82) is 0 Å². The maximum Gasteiger partial charge on any atom is 0.305 e. The fourth-order valence-corrected chi connectivity index (χ4v) is 13.2. The Balaban J connectivity index is 3.31. The molecule has 0 aliphatic rings. The zero-order chi connectivity index (χ0) is 62.8. The third-order valence-electron chi connectivity index (χ3n) is 19.3. The summed E-state index contributed by atoms with van der Waals surface area (Å²) in [5.74, 6) is -0.0314. The van der Waals surface area contributed by atoms with Gasteiger partial charge < -0.3 is 20.3 Å². The maximum absolute atomic E-state index is 12.5. The van der Waals surface area contributed by atoms with Gasteiger partial charge in [0.15, 0.2) is 0 Å². The van der Waals surface area contributed by atoms with Crippen LogP contribution in [-0.2, 0) is 14.3 Å². The second-order valence-corrected chi connectivity index (χ2v) is 28.1. The van der Waals surface area contributed by atoms with Crippen LogP contribution in [0.2, 0.25) is 0 Å². The summed E-state index contributed by atoms with van der Waals surface area (Å²) in [6.07, 6.45) is 97.9. The third kappa shape index (κ3) is 73.5. The number of allylic oxidation sites excluding steroid dienone is 1. The van der Waals surface area contributed by atoms with Gasteiger partial charge in [0.1, 0.15) is 0 Å². The molecule has 0 saturated heterocycles. The second kappa shape index (κ2) is 77.1. The molecule has 0 aromatic heterocycles. The van der Waals surface area contributed by atoms with E-state index in [0.717, 1.165) is 38.5 Å². The molecule has 0 radical (unpaired) electrons. The van der Waals surface area contributed by atoms with Crippen molar-refractivity contribution in [2.45, 2.75) is 482 Å². The first-order valence-electron chi connectivity index (χ1n) is 40.5. The summed E-state index contributed by atoms with van der Waals surface area (Å²) in [6, 6.07) is -0.623. The topological polar surface area (TPSA) is 95.9 Å². The lowest BCUT2D eigenvalue weighted by molar-refractivity contribution is -0.143. The van der Waals surface area contributed by atoms with Gasteiger partial charge in [0.25, 0.3) is 0 Å². The van der Waals surface area contributed by atoms with Gasteiger partial charge in [-0.3, -0.25) is 9.59 Å². The van der Waals surface area contributed by atoms with E-state index < -0.39 is 12.1 Å². The first kappa shape index (κ1) is 85.6. The van der Waals surface area contributed by atoms with Gasteiger partial charge in [-0.2, -0.15) is 0 Å². The molecule has 0 aromatic carbocycles. The van der Waals surface area contributed by atoms with E-state index in [2.05, 4.69) is 19.2 Å². The normalized spacial score (nSPS) is 12.5. The lowest BCUT2D eigenvalue weighted by atomic mass is 10.0. The number of aliphatic hydroxyl groups is 2. The van der Waals surface area contributed by atoms with Crippen LogP contribution in [0.1, 0.15) is 470 Å². The lowest BCUT2D eigenvalue weighted by Crippen LogP contribution is -2.45. The number of amides is 1. The molecule has 0 aromatic rings. The SMILES string of the molecule is CCCCCCCCCCCCCCCCCCC/C=C/C(O)C(CO)NC(=O)CCCCCCCCCCCCCCCCCCCCCCCCCCCCCCCCCCCCCCCCCOC(=O)CCCCCCCCCCCCCC. The van der Waals surface area contributed by atoms with Gasteiger partial charge in [-0.15, -0.1) is 0 Å². The number of hydrogen-bond acceptors (Lipinski definition) is 5. The zero-order valence-corrected chi connectivity index (χ0v) is 59.5. The minimum atomic E-state index is -0.840. The summed E-state index contributed by atoms with van der Waals surface area (Å²) in [4.78, 5) is 24.6. The summed E-state index contributed by atoms with van der Waals surface area (Å²) in [7, 11) is 0. The molecule has 0 fully saturated rings. The molecule has 2 atom stereocenters. The van der Waals surface area contributed by atoms with Crippen molar-refractivity contribution < 1.29 is 24.5 Å². The number of carbonyl (C=O) groups is 2. The van der Waals surface area contributed by atoms with Crippen LogP contribution in [-0.4, -0.2) is 47.4 Å². The molecule has 3 N–H and O–H groups in total. The Bertz CT molecular complexity index is 1320. The molecule has 0 rings (SSSR count). The smallest absolute Gasteiger partial charge is 0.305 e. The van der Waals surface area contributed by atoms with E-state index in [9.17, 15) is 19.8 Å². The fourth-order valence-electron chi connectivity index (χ4n) is 13.2. The van der Waals surface area contributed by atoms with E-state index in [1.165, 1.54) is 405 Å². The maximum atomic E-state index is 12.5. The molecular weight excluding hydrogens is 1070 g/mol. The number of rotatable bonds is 77. The largest absolute Gasteiger partial charge is 0.466 e. The van der Waals surface area contributed by atoms with Gasteiger partial charge in [-0.05, 0) is 32.1 Å². The average molecular weight is 1230 g/mol. The van der Waals surface area contributed by atoms with E-state index in [4.69, 9.17) is 4.74 Å². The summed E-state index contributed by atoms with van der Waals surface area (Å²) in [5, 5.41) is 23.3. The van der Waals surface area contributed by atoms with Crippen LogP contribution in [0, 0.1) is 0 Å². The number of unbranched alkanes of at least 4 members (excludes halogenated alkanes) is 66. The Kier molecular flexibility index (Phi) is 75.8. The van der Waals surface area contributed by atoms with Gasteiger partial charge in [0.05, 0.1) is 25.4 Å². The van der Waals surface area contributed by atoms with E-state index >= 15 is 0 Å². The minimum Gasteiger partial charge on any atom is -0.466 e. The number of nitrogens with one attached hydrogen (secondary N) is 1. The highest BCUT2D eigenvalue weighted by Gasteiger charge is 2.18. The van der Waals surface area contributed by atoms with Crippen molar-refractivity contribution in [3.05, 3.63) is 12.2 Å². The quantitative estimate of drug-likeness (QED) is 0.0320. The predicted octanol–water partition coefficient (Wildman–Crippen LogP) is 26.7. The minimum absolute atomic E-state index is 0.0256. The summed E-state index contributed by atoms with van der Waals surface area (Å²) >= 11 is 0. The van der Waals surface area contributed by atoms with E-state index in [1.54, 1.807) is 6.08 Å². The molecule has 0 heterocycles. The van der Waals surface area contributed by atoms with Crippen LogP contribution in [0.3, 0.4) is 0 Å². The lowest BCUT2D eigenvalue weighted by Gasteiger charge is -2.20. The molecule has 0 spiro atoms. The molecule has 518 valence electrons. The van der Waals surface area contributed by atoms with Crippen LogP contribution in [0.15, 0.2) is 12.2 Å². The number of hydrogen-bond donors (Lipinski definition) is 3. The zero-order valence-electron chi connectivity index (χ0n) is 59.5. The molecule has 0 bridgehead atoms. The highest BCUT2D eigenvalue weighted by atomic mass is 16.5. The van der Waals surface area contributed by atoms with Crippen LogP contribution in [0.25, 0.3) is 0 Å². The Hall–Kier alpha value is -1.40. The molecular formula is C81H159NO5. The van der Waals surface area contributed by atoms with Crippen molar-refractivity contribution in [3.63, 3.8) is 0 Å². The van der Waals surface area contributed by atoms with Crippen molar-refractivity contribution in [1.82, 2.24) is 5.32 Å². The van der Waals surface area contributed by atoms with Crippen molar-refractivity contribution in [3.8, 4) is 0 Å². The summed E-state index contributed by atoms with van der Waals surface area (Å²) < 4.78 is 5.49. The Morgan fingerprint density at radius 2 is 0.529 bits per heavy atom. The Labute approximate surface area is 546 Å². The first-order chi connectivity index (χ1) is 43.0. The molecule has 0 aliphatic heterocycles. The second-order valence-electron chi connectivity index (χ2n) is 28.1. The molecule has 2 unspecified atom stereocenters. The monoisotopic (exact) mass is 1230 g/mol. The number of esters is 1. The first-order valence-corrected chi connectivity index (χ1v) is 40.5. The van der Waals surface area contributed by atoms with E-state index in [1.807, 2.05) is 6.08 Å². The van der Waals surface area contributed by atoms with Gasteiger partial charge in [0, 0.05) is 12.8 Å². The van der Waals surface area contributed by atoms with E-state index in [0.29, 0.717) is 19.4 Å². The van der Waals surface area contributed by atoms with Crippen LogP contribution in [0.5, 0.6) is 0 Å². The molecule has 0 saturated carbocycles. The highest BCUT2D eigenvalue weighted by molar-refractivity contribution is 5.76. The van der Waals surface area contributed by atoms with Gasteiger partial charge in [-0.1, -0.05) is 437 Å². The molecule has 6 heteroatoms. The Morgan fingerprint density at radius 1 is 0.310 bits per heavy atom. The Morgan fingerprint density at radius 3 is 0.782 bits per heavy atom. The third-order valence-corrected chi connectivity index (χ3v) is 19.3. The van der Waals surface area contributed by atoms with Gasteiger partial charge in [0.2, 0.25) is 5.91 Å². The number of carbonyl (C=O) groups excluding carboxylic acids is 2. The van der Waals surface area contributed by atoms with Crippen LogP contribution < -0.4 is 5.32 Å². The van der Waals surface area contributed by atoms with Crippen molar-refractivity contribution in [2.75, 3.05) is 13.2 Å². The van der Waals surface area contributed by atoms with Gasteiger partial charge in [-0.25, -0.2) is 0 Å². The molecule has 87 heavy (non-hydrogen) atoms. The predicted molar refractivity (Wildman–Crippen MR) is 384 cm³/mol. The average Bonchev–Trinajstić information content (AvgIpc) is 3.53. The van der Waals surface area contributed by atoms with Crippen LogP contribution in [0.4, 0.5) is 0 Å². The molecule has 1 amide bonds. The highest BCUT2D eigenvalue weighted by Crippen LogP contribution is 2.21. The van der Waals surface area contributed by atoms with E-state index in [-0.39, 0.29) is 18.5 Å². The fraction of sp³-hybridized carbons (Fsp3) is 0.951. The summed E-state index contributed by atoms with van der Waals surface area (Å²) in [6.45, 7) is 4.96. The van der Waals surface area contributed by atoms with Crippen LogP contribution >= 0.6 is 0 Å². The number of ether oxygens (including phenoxy) is 1. The molecule has 6 nitrogen and oxygen atoms in total.